The van der Waals surface area contributed by atoms with Crippen LogP contribution in [-0.2, 0) is 13.1 Å². The summed E-state index contributed by atoms with van der Waals surface area (Å²) in [5.74, 6) is 0. The summed E-state index contributed by atoms with van der Waals surface area (Å²) in [4.78, 5) is 2.59. The van der Waals surface area contributed by atoms with Crippen molar-refractivity contribution in [2.24, 2.45) is 5.41 Å². The molecule has 0 bridgehead atoms. The van der Waals surface area contributed by atoms with Crippen LogP contribution < -0.4 is 5.32 Å². The molecule has 1 saturated heterocycles. The first kappa shape index (κ1) is 15.5. The van der Waals surface area contributed by atoms with Gasteiger partial charge >= 0.3 is 0 Å². The van der Waals surface area contributed by atoms with Gasteiger partial charge in [0.1, 0.15) is 0 Å². The highest BCUT2D eigenvalue weighted by molar-refractivity contribution is 5.22. The first-order valence-corrected chi connectivity index (χ1v) is 8.10. The smallest absolute Gasteiger partial charge is 0.0233 e. The fraction of sp³-hybridized carbons (Fsp3) is 0.667. The first-order valence-electron chi connectivity index (χ1n) is 8.10. The number of nitrogens with one attached hydrogen (secondary N) is 1. The van der Waals surface area contributed by atoms with E-state index in [1.54, 1.807) is 0 Å². The summed E-state index contributed by atoms with van der Waals surface area (Å²) in [6.07, 6.45) is 3.85. The summed E-state index contributed by atoms with van der Waals surface area (Å²) in [5.41, 5.74) is 3.39. The van der Waals surface area contributed by atoms with Crippen LogP contribution in [0.2, 0.25) is 0 Å². The molecule has 2 nitrogen and oxygen atoms in total. The predicted octanol–water partition coefficient (Wildman–Crippen LogP) is 3.81. The van der Waals surface area contributed by atoms with Gasteiger partial charge < -0.3 is 5.32 Å². The minimum atomic E-state index is 0.547. The lowest BCUT2D eigenvalue weighted by molar-refractivity contribution is 0.127. The Labute approximate surface area is 124 Å². The van der Waals surface area contributed by atoms with E-state index >= 15 is 0 Å². The zero-order valence-corrected chi connectivity index (χ0v) is 13.4. The molecule has 112 valence electrons. The topological polar surface area (TPSA) is 15.3 Å². The normalized spacial score (nSPS) is 19.1. The summed E-state index contributed by atoms with van der Waals surface area (Å²) in [6, 6.07) is 9.13. The van der Waals surface area contributed by atoms with Gasteiger partial charge in [-0.15, -0.1) is 0 Å². The van der Waals surface area contributed by atoms with E-state index in [9.17, 15) is 0 Å². The second kappa shape index (κ2) is 7.24. The quantitative estimate of drug-likeness (QED) is 0.794. The fourth-order valence-electron chi connectivity index (χ4n) is 2.75. The Balaban J connectivity index is 1.79. The molecule has 2 heteroatoms. The van der Waals surface area contributed by atoms with Crippen molar-refractivity contribution in [3.63, 3.8) is 0 Å². The predicted molar refractivity (Wildman–Crippen MR) is 86.7 cm³/mol. The monoisotopic (exact) mass is 274 g/mol. The van der Waals surface area contributed by atoms with E-state index in [1.165, 1.54) is 43.5 Å². The maximum Gasteiger partial charge on any atom is 0.0233 e. The highest BCUT2D eigenvalue weighted by Crippen LogP contribution is 2.30. The van der Waals surface area contributed by atoms with Gasteiger partial charge in [-0.2, -0.15) is 0 Å². The molecule has 1 N–H and O–H groups in total. The molecule has 2 rings (SSSR count). The maximum absolute atomic E-state index is 3.45. The third kappa shape index (κ3) is 4.92. The third-order valence-corrected chi connectivity index (χ3v) is 4.39. The van der Waals surface area contributed by atoms with Gasteiger partial charge in [-0.3, -0.25) is 4.90 Å². The molecule has 1 aliphatic rings. The largest absolute Gasteiger partial charge is 0.313 e. The van der Waals surface area contributed by atoms with Gasteiger partial charge in [-0.05, 0) is 55.4 Å². The molecule has 0 saturated carbocycles. The van der Waals surface area contributed by atoms with Crippen molar-refractivity contribution >= 4 is 0 Å². The molecule has 0 radical (unpaired) electrons. The second-order valence-electron chi connectivity index (χ2n) is 6.93. The molecule has 1 heterocycles. The molecule has 0 aliphatic carbocycles. The van der Waals surface area contributed by atoms with Crippen LogP contribution in [0.25, 0.3) is 0 Å². The molecule has 1 aromatic rings. The van der Waals surface area contributed by atoms with Crippen molar-refractivity contribution in [3.05, 3.63) is 35.4 Å². The summed E-state index contributed by atoms with van der Waals surface area (Å²) < 4.78 is 0. The standard InChI is InChI=1S/C18H30N2/c1-4-11-19-14-16-5-7-17(8-6-16)15-20-12-9-18(2,3)10-13-20/h5-8,19H,4,9-15H2,1-3H3. The fourth-order valence-corrected chi connectivity index (χ4v) is 2.75. The number of nitrogens with zero attached hydrogens (tertiary/aromatic N) is 1. The Kier molecular flexibility index (Phi) is 5.62. The molecule has 0 amide bonds. The Morgan fingerprint density at radius 1 is 1.05 bits per heavy atom. The second-order valence-corrected chi connectivity index (χ2v) is 6.93. The summed E-state index contributed by atoms with van der Waals surface area (Å²) in [6.45, 7) is 12.7. The van der Waals surface area contributed by atoms with Gasteiger partial charge in [0, 0.05) is 13.1 Å². The van der Waals surface area contributed by atoms with Crippen LogP contribution in [0.1, 0.15) is 51.2 Å². The van der Waals surface area contributed by atoms with E-state index in [0.717, 1.165) is 19.6 Å². The van der Waals surface area contributed by atoms with Crippen LogP contribution in [0.4, 0.5) is 0 Å². The van der Waals surface area contributed by atoms with Gasteiger partial charge in [0.15, 0.2) is 0 Å². The SMILES string of the molecule is CCCNCc1ccc(CN2CCC(C)(C)CC2)cc1. The number of hydrogen-bond donors (Lipinski definition) is 1. The van der Waals surface area contributed by atoms with Gasteiger partial charge in [-0.25, -0.2) is 0 Å². The van der Waals surface area contributed by atoms with Crippen molar-refractivity contribution < 1.29 is 0 Å². The number of rotatable bonds is 6. The van der Waals surface area contributed by atoms with Crippen LogP contribution in [0.15, 0.2) is 24.3 Å². The average molecular weight is 274 g/mol. The van der Waals surface area contributed by atoms with Crippen molar-refractivity contribution in [1.29, 1.82) is 0 Å². The molecule has 1 fully saturated rings. The van der Waals surface area contributed by atoms with Crippen LogP contribution in [0.5, 0.6) is 0 Å². The van der Waals surface area contributed by atoms with E-state index in [-0.39, 0.29) is 0 Å². The minimum Gasteiger partial charge on any atom is -0.313 e. The Hall–Kier alpha value is -0.860. The van der Waals surface area contributed by atoms with Crippen molar-refractivity contribution in [1.82, 2.24) is 10.2 Å². The third-order valence-electron chi connectivity index (χ3n) is 4.39. The van der Waals surface area contributed by atoms with E-state index in [1.807, 2.05) is 0 Å². The van der Waals surface area contributed by atoms with E-state index in [0.29, 0.717) is 5.41 Å². The van der Waals surface area contributed by atoms with E-state index in [2.05, 4.69) is 55.3 Å². The van der Waals surface area contributed by atoms with Gasteiger partial charge in [0.25, 0.3) is 0 Å². The van der Waals surface area contributed by atoms with Crippen molar-refractivity contribution in [2.45, 2.75) is 53.1 Å². The van der Waals surface area contributed by atoms with Crippen LogP contribution in [0, 0.1) is 5.41 Å². The molecule has 0 spiro atoms. The summed E-state index contributed by atoms with van der Waals surface area (Å²) in [5, 5.41) is 3.45. The molecule has 1 aromatic carbocycles. The number of piperidine rings is 1. The maximum atomic E-state index is 3.45. The van der Waals surface area contributed by atoms with Gasteiger partial charge in [0.05, 0.1) is 0 Å². The zero-order chi connectivity index (χ0) is 14.4. The lowest BCUT2D eigenvalue weighted by atomic mass is 9.82. The van der Waals surface area contributed by atoms with Crippen molar-refractivity contribution in [2.75, 3.05) is 19.6 Å². The Morgan fingerprint density at radius 3 is 2.25 bits per heavy atom. The molecule has 20 heavy (non-hydrogen) atoms. The highest BCUT2D eigenvalue weighted by atomic mass is 15.1. The Bertz CT molecular complexity index is 384. The molecular formula is C18H30N2. The molecular weight excluding hydrogens is 244 g/mol. The Morgan fingerprint density at radius 2 is 1.65 bits per heavy atom. The summed E-state index contributed by atoms with van der Waals surface area (Å²) >= 11 is 0. The molecule has 1 aliphatic heterocycles. The van der Waals surface area contributed by atoms with Gasteiger partial charge in [-0.1, -0.05) is 45.0 Å². The summed E-state index contributed by atoms with van der Waals surface area (Å²) in [7, 11) is 0. The molecule has 0 unspecified atom stereocenters. The van der Waals surface area contributed by atoms with E-state index < -0.39 is 0 Å². The zero-order valence-electron chi connectivity index (χ0n) is 13.4. The van der Waals surface area contributed by atoms with Gasteiger partial charge in [0.2, 0.25) is 0 Å². The minimum absolute atomic E-state index is 0.547. The number of likely N-dealkylation sites (tertiary alicyclic amines) is 1. The lowest BCUT2D eigenvalue weighted by Crippen LogP contribution is -2.36. The molecule has 0 aromatic heterocycles. The number of benzene rings is 1. The van der Waals surface area contributed by atoms with Crippen LogP contribution in [0.3, 0.4) is 0 Å². The van der Waals surface area contributed by atoms with Crippen LogP contribution >= 0.6 is 0 Å². The van der Waals surface area contributed by atoms with E-state index in [4.69, 9.17) is 0 Å². The highest BCUT2D eigenvalue weighted by Gasteiger charge is 2.24. The van der Waals surface area contributed by atoms with Crippen LogP contribution in [-0.4, -0.2) is 24.5 Å². The average Bonchev–Trinajstić information content (AvgIpc) is 2.43. The lowest BCUT2D eigenvalue weighted by Gasteiger charge is -2.36. The molecule has 0 atom stereocenters. The number of hydrogen-bond acceptors (Lipinski definition) is 2. The first-order chi connectivity index (χ1) is 9.59. The van der Waals surface area contributed by atoms with Crippen molar-refractivity contribution in [3.8, 4) is 0 Å².